The predicted octanol–water partition coefficient (Wildman–Crippen LogP) is 3.52. The van der Waals surface area contributed by atoms with E-state index < -0.39 is 16.1 Å². The van der Waals surface area contributed by atoms with Gasteiger partial charge in [-0.05, 0) is 42.8 Å². The van der Waals surface area contributed by atoms with Crippen molar-refractivity contribution in [2.75, 3.05) is 10.6 Å². The molecule has 1 aliphatic rings. The molecule has 0 aliphatic carbocycles. The van der Waals surface area contributed by atoms with Gasteiger partial charge in [0.15, 0.2) is 0 Å². The van der Waals surface area contributed by atoms with Crippen LogP contribution in [0, 0.1) is 5.92 Å². The van der Waals surface area contributed by atoms with E-state index in [0.29, 0.717) is 23.4 Å². The van der Waals surface area contributed by atoms with Crippen molar-refractivity contribution in [1.29, 1.82) is 0 Å². The molecule has 8 nitrogen and oxygen atoms in total. The van der Waals surface area contributed by atoms with E-state index in [1.54, 1.807) is 42.5 Å². The first-order chi connectivity index (χ1) is 15.2. The lowest BCUT2D eigenvalue weighted by Gasteiger charge is -2.14. The van der Waals surface area contributed by atoms with Crippen LogP contribution in [0.2, 0.25) is 0 Å². The first-order valence-electron chi connectivity index (χ1n) is 10.6. The molecule has 1 heterocycles. The van der Waals surface area contributed by atoms with E-state index in [-0.39, 0.29) is 28.5 Å². The molecule has 0 unspecified atom stereocenters. The Morgan fingerprint density at radius 2 is 1.56 bits per heavy atom. The number of benzene rings is 2. The van der Waals surface area contributed by atoms with Crippen LogP contribution in [0.1, 0.15) is 45.6 Å². The summed E-state index contributed by atoms with van der Waals surface area (Å²) >= 11 is 0. The van der Waals surface area contributed by atoms with Crippen molar-refractivity contribution in [3.63, 3.8) is 0 Å². The topological polar surface area (TPSA) is 117 Å². The van der Waals surface area contributed by atoms with Crippen LogP contribution in [0.25, 0.3) is 0 Å². The highest BCUT2D eigenvalue weighted by Crippen LogP contribution is 2.23. The molecule has 0 spiro atoms. The van der Waals surface area contributed by atoms with E-state index in [2.05, 4.69) is 20.3 Å². The zero-order valence-electron chi connectivity index (χ0n) is 18.4. The van der Waals surface area contributed by atoms with Crippen LogP contribution in [-0.2, 0) is 19.6 Å². The zero-order chi connectivity index (χ0) is 23.3. The fourth-order valence-corrected chi connectivity index (χ4v) is 4.43. The number of nitrogens with one attached hydrogen (secondary N) is 3. The summed E-state index contributed by atoms with van der Waals surface area (Å²) in [5.41, 5.74) is 1.67. The van der Waals surface area contributed by atoms with Crippen molar-refractivity contribution in [3.8, 4) is 0 Å². The number of hydrogen-bond donors (Lipinski definition) is 3. The van der Waals surface area contributed by atoms with E-state index in [4.69, 9.17) is 0 Å². The number of fused-ring (bicyclic) bond motifs is 1. The van der Waals surface area contributed by atoms with Gasteiger partial charge in [-0.2, -0.15) is 0 Å². The average molecular weight is 457 g/mol. The molecule has 2 amide bonds. The maximum absolute atomic E-state index is 13.0. The van der Waals surface area contributed by atoms with Crippen molar-refractivity contribution in [2.45, 2.75) is 51.0 Å². The van der Waals surface area contributed by atoms with Gasteiger partial charge in [-0.1, -0.05) is 45.7 Å². The molecular weight excluding hydrogens is 428 g/mol. The van der Waals surface area contributed by atoms with Crippen LogP contribution in [0.5, 0.6) is 0 Å². The third kappa shape index (κ3) is 5.53. The fraction of sp³-hybridized carbons (Fsp3) is 0.348. The Bertz CT molecular complexity index is 1120. The zero-order valence-corrected chi connectivity index (χ0v) is 19.2. The Morgan fingerprint density at radius 1 is 0.969 bits per heavy atom. The number of sulfonamides is 1. The van der Waals surface area contributed by atoms with Crippen molar-refractivity contribution < 1.29 is 18.0 Å². The Morgan fingerprint density at radius 3 is 2.16 bits per heavy atom. The maximum Gasteiger partial charge on any atom is 0.263 e. The Kier molecular flexibility index (Phi) is 7.29. The molecule has 170 valence electrons. The average Bonchev–Trinajstić information content (AvgIpc) is 3.02. The highest BCUT2D eigenvalue weighted by atomic mass is 32.2. The van der Waals surface area contributed by atoms with Gasteiger partial charge in [-0.25, -0.2) is 8.42 Å². The molecular formula is C23H28N4O4S. The van der Waals surface area contributed by atoms with E-state index in [0.717, 1.165) is 12.8 Å². The Balaban J connectivity index is 1.78. The summed E-state index contributed by atoms with van der Waals surface area (Å²) < 4.78 is 27.2. The molecule has 2 aromatic rings. The molecule has 0 saturated heterocycles. The minimum atomic E-state index is -3.67. The van der Waals surface area contributed by atoms with E-state index >= 15 is 0 Å². The third-order valence-corrected chi connectivity index (χ3v) is 6.42. The molecule has 1 aliphatic heterocycles. The molecule has 1 atom stereocenters. The van der Waals surface area contributed by atoms with Gasteiger partial charge < -0.3 is 10.6 Å². The highest BCUT2D eigenvalue weighted by Gasteiger charge is 2.31. The summed E-state index contributed by atoms with van der Waals surface area (Å²) in [5.74, 6) is -0.361. The summed E-state index contributed by atoms with van der Waals surface area (Å²) in [4.78, 5) is 29.4. The second kappa shape index (κ2) is 9.95. The number of nitrogens with zero attached hydrogens (tertiary/aromatic N) is 1. The number of unbranched alkanes of at least 4 members (excludes halogenated alkanes) is 1. The highest BCUT2D eigenvalue weighted by molar-refractivity contribution is 7.90. The van der Waals surface area contributed by atoms with Gasteiger partial charge in [-0.15, -0.1) is 0 Å². The molecule has 0 fully saturated rings. The van der Waals surface area contributed by atoms with Crippen LogP contribution >= 0.6 is 0 Å². The van der Waals surface area contributed by atoms with E-state index in [1.165, 1.54) is 6.07 Å². The minimum Gasteiger partial charge on any atom is -0.326 e. The molecule has 0 aromatic heterocycles. The van der Waals surface area contributed by atoms with Gasteiger partial charge in [0, 0.05) is 22.9 Å². The second-order valence-corrected chi connectivity index (χ2v) is 9.60. The van der Waals surface area contributed by atoms with Gasteiger partial charge in [-0.3, -0.25) is 19.3 Å². The number of carbonyl (C=O) groups excluding carboxylic acids is 2. The van der Waals surface area contributed by atoms with Gasteiger partial charge >= 0.3 is 0 Å². The van der Waals surface area contributed by atoms with Crippen LogP contribution in [0.4, 0.5) is 11.4 Å². The van der Waals surface area contributed by atoms with Gasteiger partial charge in [0.05, 0.1) is 4.90 Å². The molecule has 9 heteroatoms. The summed E-state index contributed by atoms with van der Waals surface area (Å²) in [7, 11) is -3.67. The lowest BCUT2D eigenvalue weighted by Crippen LogP contribution is -2.30. The van der Waals surface area contributed by atoms with Crippen LogP contribution in [0.3, 0.4) is 0 Å². The number of carbonyl (C=O) groups is 2. The lowest BCUT2D eigenvalue weighted by molar-refractivity contribution is -0.119. The van der Waals surface area contributed by atoms with Crippen molar-refractivity contribution in [2.24, 2.45) is 10.9 Å². The van der Waals surface area contributed by atoms with Crippen LogP contribution in [0.15, 0.2) is 58.4 Å². The number of amidine groups is 1. The van der Waals surface area contributed by atoms with Crippen LogP contribution in [-0.4, -0.2) is 32.1 Å². The first-order valence-corrected chi connectivity index (χ1v) is 12.1. The van der Waals surface area contributed by atoms with Gasteiger partial charge in [0.25, 0.3) is 10.0 Å². The number of anilines is 2. The Labute approximate surface area is 188 Å². The van der Waals surface area contributed by atoms with Gasteiger partial charge in [0.1, 0.15) is 11.9 Å². The summed E-state index contributed by atoms with van der Waals surface area (Å²) in [5, 5.41) is 5.64. The first kappa shape index (κ1) is 23.5. The van der Waals surface area contributed by atoms with Crippen LogP contribution < -0.4 is 15.4 Å². The fourth-order valence-electron chi connectivity index (χ4n) is 3.19. The van der Waals surface area contributed by atoms with Crippen molar-refractivity contribution in [3.05, 3.63) is 54.1 Å². The lowest BCUT2D eigenvalue weighted by atomic mass is 10.1. The molecule has 0 saturated carbocycles. The largest absolute Gasteiger partial charge is 0.326 e. The minimum absolute atomic E-state index is 0.0865. The molecule has 3 N–H and O–H groups in total. The third-order valence-electron chi connectivity index (χ3n) is 5.03. The molecule has 32 heavy (non-hydrogen) atoms. The van der Waals surface area contributed by atoms with Crippen molar-refractivity contribution >= 4 is 39.0 Å². The normalized spacial score (nSPS) is 16.3. The van der Waals surface area contributed by atoms with E-state index in [9.17, 15) is 18.0 Å². The standard InChI is InChI=1S/C23H28N4O4S/c1-4-5-9-19(26-21-18-8-6-7-10-20(18)32(30,31)27-21)23(29)25-17-13-11-16(12-14-17)24-22(28)15(2)3/h6-8,10-15,19H,4-5,9H2,1-3H3,(H,24,28)(H,25,29)(H,26,27)/t19-/m0/s1. The van der Waals surface area contributed by atoms with Gasteiger partial charge in [0.2, 0.25) is 11.8 Å². The number of aliphatic imine (C=N–C) groups is 1. The molecule has 0 bridgehead atoms. The number of amides is 2. The number of rotatable bonds is 8. The van der Waals surface area contributed by atoms with E-state index in [1.807, 2.05) is 20.8 Å². The summed E-state index contributed by atoms with van der Waals surface area (Å²) in [6.45, 7) is 5.63. The monoisotopic (exact) mass is 456 g/mol. The summed E-state index contributed by atoms with van der Waals surface area (Å²) in [6.07, 6.45) is 2.13. The molecule has 2 aromatic carbocycles. The maximum atomic E-state index is 13.0. The quantitative estimate of drug-likeness (QED) is 0.563. The second-order valence-electron chi connectivity index (χ2n) is 7.95. The SMILES string of the molecule is CCCC[C@H](N=C1NS(=O)(=O)c2ccccc21)C(=O)Nc1ccc(NC(=O)C(C)C)cc1. The predicted molar refractivity (Wildman–Crippen MR) is 125 cm³/mol. The number of hydrogen-bond acceptors (Lipinski definition) is 5. The summed E-state index contributed by atoms with van der Waals surface area (Å²) in [6, 6.07) is 12.6. The molecule has 3 rings (SSSR count). The Hall–Kier alpha value is -3.20. The van der Waals surface area contributed by atoms with Crippen molar-refractivity contribution in [1.82, 2.24) is 4.72 Å². The smallest absolute Gasteiger partial charge is 0.263 e. The molecule has 0 radical (unpaired) electrons.